The van der Waals surface area contributed by atoms with Gasteiger partial charge in [-0.2, -0.15) is 14.8 Å². The first kappa shape index (κ1) is 96.4. The molecule has 0 heterocycles. The van der Waals surface area contributed by atoms with Gasteiger partial charge in [0.2, 0.25) is 0 Å². The van der Waals surface area contributed by atoms with Gasteiger partial charge in [-0.3, -0.25) is 18.1 Å². The van der Waals surface area contributed by atoms with Crippen molar-refractivity contribution in [3.8, 4) is 0 Å². The minimum atomic E-state index is -3.95. The van der Waals surface area contributed by atoms with Crippen LogP contribution in [-0.4, -0.2) is 44.3 Å². The van der Waals surface area contributed by atoms with Crippen molar-refractivity contribution < 1.29 is 118 Å². The van der Waals surface area contributed by atoms with E-state index in [1.54, 1.807) is 6.92 Å². The van der Waals surface area contributed by atoms with Crippen molar-refractivity contribution in [3.63, 3.8) is 0 Å². The molecule has 0 fully saturated rings. The molecule has 0 aromatic carbocycles. The van der Waals surface area contributed by atoms with E-state index in [0.717, 1.165) is 0 Å². The van der Waals surface area contributed by atoms with Gasteiger partial charge in [0.15, 0.2) is 0 Å². The van der Waals surface area contributed by atoms with Crippen LogP contribution in [0.5, 0.6) is 0 Å². The predicted molar refractivity (Wildman–Crippen MR) is 85.4 cm³/mol. The number of carbonyl (C=O) groups is 1. The van der Waals surface area contributed by atoms with E-state index in [2.05, 4.69) is 47.0 Å². The molecule has 0 atom stereocenters. The summed E-state index contributed by atoms with van der Waals surface area (Å²) in [5.74, 6) is 0. The first-order chi connectivity index (χ1) is 8.06. The Morgan fingerprint density at radius 1 is 0.917 bits per heavy atom. The molecule has 24 heavy (non-hydrogen) atoms. The normalized spacial score (nSPS) is 4.42. The number of carbonyl (C=O) groups excluding carboxylic acids is 3. The second kappa shape index (κ2) is 145. The molecule has 144 valence electrons. The van der Waals surface area contributed by atoms with Crippen molar-refractivity contribution in [3.05, 3.63) is 43.1 Å². The summed E-state index contributed by atoms with van der Waals surface area (Å²) in [6.45, 7) is 16.2. The molecular weight excluding hydrogens is 1020 g/mol. The summed E-state index contributed by atoms with van der Waals surface area (Å²) in [5.41, 5.74) is 0. The summed E-state index contributed by atoms with van der Waals surface area (Å²) in [6, 6.07) is 0. The van der Waals surface area contributed by atoms with E-state index in [9.17, 15) is 4.57 Å². The third kappa shape index (κ3) is 357. The Balaban J connectivity index is -0.00000000580. The largest absolute Gasteiger partial charge is 2.00 e. The van der Waals surface area contributed by atoms with E-state index in [1.807, 2.05) is 6.79 Å². The average molecular weight is 1050 g/mol. The topological polar surface area (TPSA) is 118 Å². The van der Waals surface area contributed by atoms with Crippen LogP contribution in [0.3, 0.4) is 0 Å². The zero-order chi connectivity index (χ0) is 15.9. The molecule has 0 aliphatic heterocycles. The molecule has 0 amide bonds. The standard InChI is InChI=1S/C2H6O4P.C2H5.CH2B.CH2O.2CHO.3CH3.4W/c1-6-2-7(3,4)5;5*1-2;;;;;;;/h1-2H2,(H2,3,4,5);1H2,2H3;2*1H2;2*1H;3*1H3;;;;/q3*-1;;5*-1;4*+2. The molecule has 7 nitrogen and oxygen atoms in total. The Bertz CT molecular complexity index is 145. The van der Waals surface area contributed by atoms with Gasteiger partial charge in [0.1, 0.15) is 13.1 Å². The Morgan fingerprint density at radius 3 is 1.04 bits per heavy atom. The molecule has 0 bridgehead atoms. The predicted octanol–water partition coefficient (Wildman–Crippen LogP) is 1.32. The van der Waals surface area contributed by atoms with Crippen LogP contribution in [0.15, 0.2) is 0 Å². The van der Waals surface area contributed by atoms with Gasteiger partial charge in [-0.1, -0.05) is 0 Å². The summed E-state index contributed by atoms with van der Waals surface area (Å²) in [4.78, 5) is 39.4. The molecule has 2 radical (unpaired) electrons. The van der Waals surface area contributed by atoms with Crippen LogP contribution < -0.4 is 0 Å². The van der Waals surface area contributed by atoms with Gasteiger partial charge in [0.05, 0.1) is 0 Å². The Hall–Kier alpha value is 1.94. The van der Waals surface area contributed by atoms with Crippen LogP contribution in [0.1, 0.15) is 6.92 Å². The Labute approximate surface area is 208 Å². The number of ether oxygens (including phenoxy) is 1. The van der Waals surface area contributed by atoms with Crippen molar-refractivity contribution in [2.24, 2.45) is 0 Å². The van der Waals surface area contributed by atoms with Gasteiger partial charge >= 0.3 is 91.9 Å². The fourth-order valence-corrected chi connectivity index (χ4v) is 0.357. The van der Waals surface area contributed by atoms with E-state index in [-0.39, 0.29) is 107 Å². The third-order valence-electron chi connectivity index (χ3n) is 0.259. The Kier molecular flexibility index (Phi) is 581. The van der Waals surface area contributed by atoms with Gasteiger partial charge in [-0.25, -0.2) is 7.11 Å². The molecule has 2 N–H and O–H groups in total. The van der Waals surface area contributed by atoms with E-state index in [0.29, 0.717) is 0 Å². The Morgan fingerprint density at radius 2 is 1.04 bits per heavy atom. The molecule has 0 aliphatic carbocycles. The number of hydrogen-bond donors (Lipinski definition) is 2. The second-order valence-electron chi connectivity index (χ2n) is 0.998. The van der Waals surface area contributed by atoms with Crippen LogP contribution in [0, 0.1) is 43.1 Å². The molecule has 13 heteroatoms. The first-order valence-corrected chi connectivity index (χ1v) is 5.15. The zero-order valence-electron chi connectivity index (χ0n) is 14.3. The molecule has 0 unspecified atom stereocenters. The quantitative estimate of drug-likeness (QED) is 0.186. The van der Waals surface area contributed by atoms with Gasteiger partial charge in [0.25, 0.3) is 0 Å². The zero-order valence-corrected chi connectivity index (χ0v) is 26.9. The minimum Gasteiger partial charge on any atom is -0.546 e. The summed E-state index contributed by atoms with van der Waals surface area (Å²) in [5, 5.41) is 0. The average Bonchev–Trinajstić information content (AvgIpc) is 2.40. The summed E-state index contributed by atoms with van der Waals surface area (Å²) in [7, 11) is 3.08. The molecule has 0 spiro atoms. The minimum absolute atomic E-state index is 0. The second-order valence-corrected chi connectivity index (χ2v) is 2.59. The summed E-state index contributed by atoms with van der Waals surface area (Å²) in [6.07, 6.45) is -0.604. The number of rotatable bonds is 2. The van der Waals surface area contributed by atoms with Crippen LogP contribution in [0.2, 0.25) is 0 Å². The summed E-state index contributed by atoms with van der Waals surface area (Å²) < 4.78 is 13.7. The van der Waals surface area contributed by atoms with Crippen molar-refractivity contribution in [2.45, 2.75) is 6.92 Å². The van der Waals surface area contributed by atoms with Gasteiger partial charge < -0.3 is 64.9 Å². The SMILES string of the molecule is C=O.[B][CH2-].[CH-]=O.[CH-]=O.[CH2-]C.[CH2-]OCP(=O)(O)O.[CH3-].[CH3-].[CH3-].[W+2].[W+2].[W+2].[W+2]. The van der Waals surface area contributed by atoms with Crippen LogP contribution in [0.4, 0.5) is 0 Å². The maximum absolute atomic E-state index is 9.76. The van der Waals surface area contributed by atoms with Crippen LogP contribution in [0.25, 0.3) is 0 Å². The van der Waals surface area contributed by atoms with E-state index < -0.39 is 13.9 Å². The molecule has 0 aromatic rings. The monoisotopic (exact) mass is 1050 g/mol. The number of hydrogen-bond acceptors (Lipinski definition) is 5. The van der Waals surface area contributed by atoms with Crippen LogP contribution in [-0.2, 0) is 108 Å². The maximum atomic E-state index is 9.76. The molecule has 0 rings (SSSR count). The van der Waals surface area contributed by atoms with Gasteiger partial charge in [-0.15, -0.1) is 0 Å². The van der Waals surface area contributed by atoms with Gasteiger partial charge in [-0.05, 0) is 0 Å². The van der Waals surface area contributed by atoms with E-state index in [1.165, 1.54) is 0 Å². The molecular formula is C11H26BO7PW4. The molecule has 0 saturated carbocycles. The molecule has 0 aromatic heterocycles. The smallest absolute Gasteiger partial charge is 0.546 e. The van der Waals surface area contributed by atoms with E-state index in [4.69, 9.17) is 24.2 Å². The van der Waals surface area contributed by atoms with Gasteiger partial charge in [0, 0.05) is 0 Å². The third-order valence-corrected chi connectivity index (χ3v) is 0.778. The fourth-order valence-electron chi connectivity index (χ4n) is 0.119. The van der Waals surface area contributed by atoms with Crippen molar-refractivity contribution in [2.75, 3.05) is 6.35 Å². The fraction of sp³-hybridized carbons (Fsp3) is 0.182. The van der Waals surface area contributed by atoms with Crippen molar-refractivity contribution in [1.29, 1.82) is 0 Å². The molecule has 0 aliphatic rings. The molecule has 0 saturated heterocycles. The van der Waals surface area contributed by atoms with E-state index >= 15 is 0 Å². The van der Waals surface area contributed by atoms with Crippen molar-refractivity contribution in [1.82, 2.24) is 0 Å². The first-order valence-electron chi connectivity index (χ1n) is 3.35. The van der Waals surface area contributed by atoms with Crippen molar-refractivity contribution >= 4 is 35.8 Å². The maximum Gasteiger partial charge on any atom is 2.00 e. The summed E-state index contributed by atoms with van der Waals surface area (Å²) >= 11 is 0. The van der Waals surface area contributed by atoms with Crippen LogP contribution >= 0.6 is 7.60 Å².